The minimum Gasteiger partial charge on any atom is -0.756 e. The van der Waals surface area contributed by atoms with E-state index < -0.39 is 7.82 Å². The van der Waals surface area contributed by atoms with Crippen molar-refractivity contribution in [3.05, 3.63) is 0 Å². The maximum absolute atomic E-state index is 11.8. The molecule has 0 heterocycles. The van der Waals surface area contributed by atoms with E-state index in [9.17, 15) is 9.46 Å². The van der Waals surface area contributed by atoms with Gasteiger partial charge in [-0.2, -0.15) is 0 Å². The first kappa shape index (κ1) is 24.9. The molecule has 0 amide bonds. The fraction of sp³-hybridized carbons (Fsp3) is 1.00. The molecule has 0 saturated heterocycles. The van der Waals surface area contributed by atoms with Crippen LogP contribution >= 0.6 is 7.82 Å². The van der Waals surface area contributed by atoms with Gasteiger partial charge in [-0.3, -0.25) is 4.57 Å². The van der Waals surface area contributed by atoms with E-state index in [-0.39, 0.29) is 29.3 Å². The maximum atomic E-state index is 11.8. The molecule has 22 heavy (non-hydrogen) atoms. The van der Waals surface area contributed by atoms with Crippen LogP contribution in [-0.4, -0.2) is 12.2 Å². The Bertz CT molecular complexity index is 265. The summed E-state index contributed by atoms with van der Waals surface area (Å²) in [4.78, 5) is 11.8. The van der Waals surface area contributed by atoms with Crippen LogP contribution in [-0.2, 0) is 30.7 Å². The van der Waals surface area contributed by atoms with Crippen LogP contribution in [0, 0.1) is 0 Å². The van der Waals surface area contributed by atoms with Gasteiger partial charge >= 0.3 is 17.1 Å². The molecular formula is C16H34FeO4P+2. The Morgan fingerprint density at radius 1 is 0.818 bits per heavy atom. The van der Waals surface area contributed by atoms with Crippen molar-refractivity contribution in [2.45, 2.75) is 104 Å². The van der Waals surface area contributed by atoms with Crippen LogP contribution in [0.5, 0.6) is 0 Å². The van der Waals surface area contributed by atoms with Gasteiger partial charge in [0, 0.05) is 0 Å². The molecule has 0 spiro atoms. The maximum Gasteiger partial charge on any atom is 3.00 e. The van der Waals surface area contributed by atoms with E-state index >= 15 is 0 Å². The van der Waals surface area contributed by atoms with Gasteiger partial charge < -0.3 is 13.9 Å². The van der Waals surface area contributed by atoms with Crippen LogP contribution in [0.1, 0.15) is 91.9 Å². The fourth-order valence-electron chi connectivity index (χ4n) is 2.29. The first-order valence-corrected chi connectivity index (χ1v) is 10.0. The molecule has 0 fully saturated rings. The number of phosphoric ester groups is 1. The third-order valence-corrected chi connectivity index (χ3v) is 4.78. The number of unbranched alkanes of at least 4 members (excludes halogenated alkanes) is 6. The van der Waals surface area contributed by atoms with Crippen molar-refractivity contribution in [2.75, 3.05) is 0 Å². The second-order valence-corrected chi connectivity index (χ2v) is 7.29. The average molecular weight is 377 g/mol. The zero-order chi connectivity index (χ0) is 16.1. The van der Waals surface area contributed by atoms with Gasteiger partial charge in [0.1, 0.15) is 0 Å². The van der Waals surface area contributed by atoms with E-state index in [2.05, 4.69) is 13.8 Å². The second kappa shape index (κ2) is 15.2. The quantitative estimate of drug-likeness (QED) is 0.237. The molecule has 0 N–H and O–H groups in total. The fourth-order valence-corrected chi connectivity index (χ4v) is 3.43. The summed E-state index contributed by atoms with van der Waals surface area (Å²) in [5.74, 6) is 0. The normalized spacial score (nSPS) is 16.6. The SMILES string of the molecule is CCCCCCC(C)OP(=O)([O-])OC(C)CCCCCC.[Fe+3]. The zero-order valence-corrected chi connectivity index (χ0v) is 16.7. The Balaban J connectivity index is 0. The first-order valence-electron chi connectivity index (χ1n) is 8.59. The second-order valence-electron chi connectivity index (χ2n) is 5.98. The Morgan fingerprint density at radius 3 is 1.50 bits per heavy atom. The molecule has 6 heteroatoms. The van der Waals surface area contributed by atoms with Crippen LogP contribution in [0.25, 0.3) is 0 Å². The third kappa shape index (κ3) is 15.5. The summed E-state index contributed by atoms with van der Waals surface area (Å²) in [7, 11) is -4.17. The molecule has 0 saturated carbocycles. The number of phosphoric acid groups is 1. The van der Waals surface area contributed by atoms with Crippen LogP contribution in [0.2, 0.25) is 0 Å². The summed E-state index contributed by atoms with van der Waals surface area (Å²) in [6.45, 7) is 7.90. The molecular weight excluding hydrogens is 343 g/mol. The van der Waals surface area contributed by atoms with Crippen LogP contribution in [0.4, 0.5) is 0 Å². The summed E-state index contributed by atoms with van der Waals surface area (Å²) in [6.07, 6.45) is 9.92. The van der Waals surface area contributed by atoms with Crippen LogP contribution in [0.3, 0.4) is 0 Å². The monoisotopic (exact) mass is 377 g/mol. The minimum absolute atomic E-state index is 0. The molecule has 1 radical (unpaired) electrons. The van der Waals surface area contributed by atoms with Gasteiger partial charge in [0.2, 0.25) is 0 Å². The Labute approximate surface area is 147 Å². The Hall–Kier alpha value is 0.629. The molecule has 0 rings (SSSR count). The largest absolute Gasteiger partial charge is 3.00 e. The van der Waals surface area contributed by atoms with Crippen molar-refractivity contribution in [1.82, 2.24) is 0 Å². The summed E-state index contributed by atoms with van der Waals surface area (Å²) in [5.41, 5.74) is 0. The smallest absolute Gasteiger partial charge is 0.756 e. The van der Waals surface area contributed by atoms with E-state index in [4.69, 9.17) is 9.05 Å². The van der Waals surface area contributed by atoms with E-state index in [0.717, 1.165) is 38.5 Å². The molecule has 0 aliphatic rings. The molecule has 0 aliphatic heterocycles. The van der Waals surface area contributed by atoms with Crippen molar-refractivity contribution in [3.8, 4) is 0 Å². The van der Waals surface area contributed by atoms with Gasteiger partial charge in [-0.05, 0) is 26.7 Å². The third-order valence-electron chi connectivity index (χ3n) is 3.55. The van der Waals surface area contributed by atoms with Crippen molar-refractivity contribution in [3.63, 3.8) is 0 Å². The topological polar surface area (TPSA) is 58.6 Å². The molecule has 4 nitrogen and oxygen atoms in total. The van der Waals surface area contributed by atoms with Crippen molar-refractivity contribution in [1.29, 1.82) is 0 Å². The number of hydrogen-bond donors (Lipinski definition) is 0. The average Bonchev–Trinajstić information content (AvgIpc) is 2.38. The van der Waals surface area contributed by atoms with Crippen molar-refractivity contribution in [2.24, 2.45) is 0 Å². The molecule has 2 atom stereocenters. The predicted octanol–water partition coefficient (Wildman–Crippen LogP) is 5.20. The van der Waals surface area contributed by atoms with E-state index in [1.165, 1.54) is 25.7 Å². The molecule has 133 valence electrons. The molecule has 0 aromatic heterocycles. The molecule has 2 unspecified atom stereocenters. The van der Waals surface area contributed by atoms with E-state index in [0.29, 0.717) is 0 Å². The van der Waals surface area contributed by atoms with Gasteiger partial charge in [0.25, 0.3) is 7.82 Å². The standard InChI is InChI=1S/C16H35O4P.Fe/c1-5-7-9-11-13-15(3)19-21(17,18)20-16(4)14-12-10-8-6-2;/h15-16H,5-14H2,1-4H3,(H,17,18);/q;+3/p-1. The van der Waals surface area contributed by atoms with Crippen molar-refractivity contribution >= 4 is 7.82 Å². The van der Waals surface area contributed by atoms with Crippen LogP contribution < -0.4 is 4.89 Å². The van der Waals surface area contributed by atoms with Gasteiger partial charge in [-0.25, -0.2) is 0 Å². The zero-order valence-electron chi connectivity index (χ0n) is 14.7. The Morgan fingerprint density at radius 2 is 1.18 bits per heavy atom. The number of rotatable bonds is 14. The van der Waals surface area contributed by atoms with E-state index in [1.807, 2.05) is 0 Å². The first-order chi connectivity index (χ1) is 9.91. The van der Waals surface area contributed by atoms with E-state index in [1.54, 1.807) is 13.8 Å². The predicted molar refractivity (Wildman–Crippen MR) is 86.2 cm³/mol. The van der Waals surface area contributed by atoms with Crippen molar-refractivity contribution < 1.29 is 35.6 Å². The summed E-state index contributed by atoms with van der Waals surface area (Å²) in [6, 6.07) is 0. The van der Waals surface area contributed by atoms with Gasteiger partial charge in [-0.15, -0.1) is 0 Å². The molecule has 0 aromatic carbocycles. The molecule has 0 aliphatic carbocycles. The van der Waals surface area contributed by atoms with Gasteiger partial charge in [-0.1, -0.05) is 65.2 Å². The minimum atomic E-state index is -4.17. The molecule has 0 aromatic rings. The van der Waals surface area contributed by atoms with Crippen LogP contribution in [0.15, 0.2) is 0 Å². The van der Waals surface area contributed by atoms with Gasteiger partial charge in [0.05, 0.1) is 12.2 Å². The summed E-state index contributed by atoms with van der Waals surface area (Å²) >= 11 is 0. The summed E-state index contributed by atoms with van der Waals surface area (Å²) in [5, 5.41) is 0. The van der Waals surface area contributed by atoms with Gasteiger partial charge in [0.15, 0.2) is 0 Å². The Kier molecular flexibility index (Phi) is 17.2. The molecule has 0 bridgehead atoms. The number of hydrogen-bond acceptors (Lipinski definition) is 4. The summed E-state index contributed by atoms with van der Waals surface area (Å²) < 4.78 is 22.0.